The number of amides is 1. The van der Waals surface area contributed by atoms with Gasteiger partial charge in [0.2, 0.25) is 5.91 Å². The largest absolute Gasteiger partial charge is 0.326 e. The van der Waals surface area contributed by atoms with Crippen LogP contribution < -0.4 is 10.0 Å². The van der Waals surface area contributed by atoms with E-state index in [0.29, 0.717) is 0 Å². The van der Waals surface area contributed by atoms with Crippen LogP contribution in [0.3, 0.4) is 0 Å². The molecule has 6 heteroatoms. The van der Waals surface area contributed by atoms with Gasteiger partial charge in [-0.15, -0.1) is 0 Å². The lowest BCUT2D eigenvalue weighted by molar-refractivity contribution is -0.114. The van der Waals surface area contributed by atoms with Crippen LogP contribution in [0.1, 0.15) is 6.92 Å². The standard InChI is InChI=1S/C22H18N4OS/c1-15(27)25-17-4-6-18(7-5-17)28-26-21-9-8-19(16-10-13-23-14-11-16)20-3-2-12-24-22(20)21/h2-14,26H,1H3,(H,25,27). The zero-order valence-corrected chi connectivity index (χ0v) is 16.0. The summed E-state index contributed by atoms with van der Waals surface area (Å²) in [5.74, 6) is -0.0784. The Morgan fingerprint density at radius 1 is 0.929 bits per heavy atom. The molecule has 0 aliphatic carbocycles. The van der Waals surface area contributed by atoms with Gasteiger partial charge < -0.3 is 10.0 Å². The van der Waals surface area contributed by atoms with Crippen molar-refractivity contribution in [3.8, 4) is 11.1 Å². The fourth-order valence-corrected chi connectivity index (χ4v) is 3.63. The van der Waals surface area contributed by atoms with Gasteiger partial charge in [-0.3, -0.25) is 14.8 Å². The van der Waals surface area contributed by atoms with Gasteiger partial charge in [-0.1, -0.05) is 12.1 Å². The number of hydrogen-bond acceptors (Lipinski definition) is 5. The van der Waals surface area contributed by atoms with Crippen LogP contribution in [0, 0.1) is 0 Å². The summed E-state index contributed by atoms with van der Waals surface area (Å²) in [6.45, 7) is 1.50. The molecule has 0 aliphatic rings. The van der Waals surface area contributed by atoms with E-state index in [1.807, 2.05) is 48.5 Å². The quantitative estimate of drug-likeness (QED) is 0.451. The second kappa shape index (κ2) is 8.10. The summed E-state index contributed by atoms with van der Waals surface area (Å²) >= 11 is 1.50. The van der Waals surface area contributed by atoms with Crippen LogP contribution >= 0.6 is 11.9 Å². The van der Waals surface area contributed by atoms with Crippen LogP contribution in [-0.4, -0.2) is 15.9 Å². The van der Waals surface area contributed by atoms with E-state index in [2.05, 4.69) is 32.1 Å². The van der Waals surface area contributed by atoms with Gasteiger partial charge in [-0.25, -0.2) is 0 Å². The Morgan fingerprint density at radius 2 is 1.71 bits per heavy atom. The molecular formula is C22H18N4OS. The maximum Gasteiger partial charge on any atom is 0.221 e. The molecule has 0 saturated heterocycles. The number of pyridine rings is 2. The molecule has 0 bridgehead atoms. The number of hydrogen-bond donors (Lipinski definition) is 2. The highest BCUT2D eigenvalue weighted by Crippen LogP contribution is 2.33. The number of anilines is 2. The van der Waals surface area contributed by atoms with Crippen LogP contribution in [0.15, 0.2) is 84.1 Å². The third-order valence-corrected chi connectivity index (χ3v) is 5.04. The molecule has 0 fully saturated rings. The first-order chi connectivity index (χ1) is 13.7. The fourth-order valence-electron chi connectivity index (χ4n) is 2.96. The van der Waals surface area contributed by atoms with E-state index in [0.717, 1.165) is 38.3 Å². The topological polar surface area (TPSA) is 66.9 Å². The summed E-state index contributed by atoms with van der Waals surface area (Å²) in [4.78, 5) is 20.8. The van der Waals surface area contributed by atoms with E-state index in [-0.39, 0.29) is 5.91 Å². The molecule has 4 rings (SSSR count). The first-order valence-electron chi connectivity index (χ1n) is 8.79. The van der Waals surface area contributed by atoms with Gasteiger partial charge in [0, 0.05) is 41.5 Å². The molecular weight excluding hydrogens is 368 g/mol. The van der Waals surface area contributed by atoms with Crippen LogP contribution in [0.4, 0.5) is 11.4 Å². The maximum absolute atomic E-state index is 11.1. The van der Waals surface area contributed by atoms with Gasteiger partial charge in [0.1, 0.15) is 0 Å². The zero-order chi connectivity index (χ0) is 19.3. The number of nitrogens with zero attached hydrogens (tertiary/aromatic N) is 2. The fraction of sp³-hybridized carbons (Fsp3) is 0.0455. The van der Waals surface area contributed by atoms with E-state index in [4.69, 9.17) is 0 Å². The van der Waals surface area contributed by atoms with Crippen LogP contribution in [0.25, 0.3) is 22.0 Å². The van der Waals surface area contributed by atoms with Gasteiger partial charge in [-0.2, -0.15) is 0 Å². The highest BCUT2D eigenvalue weighted by atomic mass is 32.2. The summed E-state index contributed by atoms with van der Waals surface area (Å²) in [5, 5.41) is 3.85. The third kappa shape index (κ3) is 3.97. The average molecular weight is 386 g/mol. The minimum atomic E-state index is -0.0784. The van der Waals surface area contributed by atoms with Crippen molar-refractivity contribution in [2.24, 2.45) is 0 Å². The SMILES string of the molecule is CC(=O)Nc1ccc(SNc2ccc(-c3ccncc3)c3cccnc23)cc1. The second-order valence-corrected chi connectivity index (χ2v) is 7.09. The molecule has 0 spiro atoms. The molecule has 2 aromatic heterocycles. The summed E-state index contributed by atoms with van der Waals surface area (Å²) in [5.41, 5.74) is 4.88. The monoisotopic (exact) mass is 386 g/mol. The van der Waals surface area contributed by atoms with Crippen molar-refractivity contribution in [2.75, 3.05) is 10.0 Å². The van der Waals surface area contributed by atoms with Crippen molar-refractivity contribution >= 4 is 40.1 Å². The molecule has 4 aromatic rings. The van der Waals surface area contributed by atoms with E-state index in [9.17, 15) is 4.79 Å². The average Bonchev–Trinajstić information content (AvgIpc) is 2.73. The van der Waals surface area contributed by atoms with E-state index in [1.54, 1.807) is 18.6 Å². The Bertz CT molecular complexity index is 1110. The molecule has 0 radical (unpaired) electrons. The van der Waals surface area contributed by atoms with Crippen molar-refractivity contribution in [1.29, 1.82) is 0 Å². The van der Waals surface area contributed by atoms with Crippen molar-refractivity contribution in [1.82, 2.24) is 9.97 Å². The van der Waals surface area contributed by atoms with Crippen LogP contribution in [0.5, 0.6) is 0 Å². The number of fused-ring (bicyclic) bond motifs is 1. The van der Waals surface area contributed by atoms with Gasteiger partial charge in [0.05, 0.1) is 11.2 Å². The predicted octanol–water partition coefficient (Wildman–Crippen LogP) is 5.37. The Kier molecular flexibility index (Phi) is 5.21. The molecule has 28 heavy (non-hydrogen) atoms. The first kappa shape index (κ1) is 18.0. The molecule has 2 heterocycles. The highest BCUT2D eigenvalue weighted by Gasteiger charge is 2.09. The summed E-state index contributed by atoms with van der Waals surface area (Å²) in [7, 11) is 0. The molecule has 0 saturated carbocycles. The van der Waals surface area contributed by atoms with E-state index < -0.39 is 0 Å². The zero-order valence-electron chi connectivity index (χ0n) is 15.2. The van der Waals surface area contributed by atoms with Gasteiger partial charge >= 0.3 is 0 Å². The molecule has 0 atom stereocenters. The van der Waals surface area contributed by atoms with Gasteiger partial charge in [0.15, 0.2) is 0 Å². The number of aromatic nitrogens is 2. The smallest absolute Gasteiger partial charge is 0.221 e. The van der Waals surface area contributed by atoms with Crippen molar-refractivity contribution in [3.05, 3.63) is 79.3 Å². The number of carbonyl (C=O) groups is 1. The predicted molar refractivity (Wildman–Crippen MR) is 115 cm³/mol. The number of rotatable bonds is 5. The minimum absolute atomic E-state index is 0.0784. The van der Waals surface area contributed by atoms with E-state index in [1.165, 1.54) is 18.9 Å². The molecule has 0 aliphatic heterocycles. The van der Waals surface area contributed by atoms with Crippen LogP contribution in [-0.2, 0) is 4.79 Å². The lowest BCUT2D eigenvalue weighted by Crippen LogP contribution is -2.05. The molecule has 1 amide bonds. The molecule has 5 nitrogen and oxygen atoms in total. The van der Waals surface area contributed by atoms with Crippen molar-refractivity contribution in [3.63, 3.8) is 0 Å². The number of nitrogens with one attached hydrogen (secondary N) is 2. The van der Waals surface area contributed by atoms with Crippen LogP contribution in [0.2, 0.25) is 0 Å². The van der Waals surface area contributed by atoms with Gasteiger partial charge in [-0.05, 0) is 71.6 Å². The lowest BCUT2D eigenvalue weighted by Gasteiger charge is -2.12. The number of benzene rings is 2. The first-order valence-corrected chi connectivity index (χ1v) is 9.61. The van der Waals surface area contributed by atoms with Crippen molar-refractivity contribution < 1.29 is 4.79 Å². The second-order valence-electron chi connectivity index (χ2n) is 6.21. The lowest BCUT2D eigenvalue weighted by atomic mass is 10.0. The Hall–Kier alpha value is -3.38. The summed E-state index contributed by atoms with van der Waals surface area (Å²) in [6.07, 6.45) is 5.39. The van der Waals surface area contributed by atoms with Crippen molar-refractivity contribution in [2.45, 2.75) is 11.8 Å². The molecule has 138 valence electrons. The normalized spacial score (nSPS) is 10.6. The Morgan fingerprint density at radius 3 is 2.46 bits per heavy atom. The summed E-state index contributed by atoms with van der Waals surface area (Å²) in [6, 6.07) is 19.9. The molecule has 2 aromatic carbocycles. The number of carbonyl (C=O) groups excluding carboxylic acids is 1. The Balaban J connectivity index is 1.59. The van der Waals surface area contributed by atoms with Gasteiger partial charge in [0.25, 0.3) is 0 Å². The van der Waals surface area contributed by atoms with E-state index >= 15 is 0 Å². The maximum atomic E-state index is 11.1. The Labute approximate surface area is 167 Å². The third-order valence-electron chi connectivity index (χ3n) is 4.21. The molecule has 0 unspecified atom stereocenters. The highest BCUT2D eigenvalue weighted by molar-refractivity contribution is 8.00. The summed E-state index contributed by atoms with van der Waals surface area (Å²) < 4.78 is 3.40. The minimum Gasteiger partial charge on any atom is -0.326 e. The molecule has 2 N–H and O–H groups in total.